The van der Waals surface area contributed by atoms with E-state index in [1.165, 1.54) is 5.56 Å². The molecule has 0 aliphatic rings. The number of anilines is 1. The van der Waals surface area contributed by atoms with Crippen LogP contribution >= 0.6 is 0 Å². The van der Waals surface area contributed by atoms with E-state index in [9.17, 15) is 4.79 Å². The fourth-order valence-corrected chi connectivity index (χ4v) is 2.99. The van der Waals surface area contributed by atoms with E-state index in [-0.39, 0.29) is 11.6 Å². The summed E-state index contributed by atoms with van der Waals surface area (Å²) >= 11 is 0. The van der Waals surface area contributed by atoms with Gasteiger partial charge < -0.3 is 5.32 Å². The van der Waals surface area contributed by atoms with Crippen LogP contribution in [0.3, 0.4) is 0 Å². The van der Waals surface area contributed by atoms with Crippen LogP contribution in [0.15, 0.2) is 54.7 Å². The largest absolute Gasteiger partial charge is 0.321 e. The number of aromatic nitrogens is 4. The molecule has 0 fully saturated rings. The predicted molar refractivity (Wildman–Crippen MR) is 105 cm³/mol. The third-order valence-corrected chi connectivity index (χ3v) is 4.71. The van der Waals surface area contributed by atoms with Crippen molar-refractivity contribution in [3.05, 3.63) is 77.2 Å². The van der Waals surface area contributed by atoms with E-state index in [1.807, 2.05) is 69.3 Å². The van der Waals surface area contributed by atoms with E-state index < -0.39 is 0 Å². The van der Waals surface area contributed by atoms with E-state index in [0.717, 1.165) is 22.4 Å². The molecule has 134 valence electrons. The molecule has 1 N–H and O–H groups in total. The summed E-state index contributed by atoms with van der Waals surface area (Å²) in [5.41, 5.74) is 6.44. The molecule has 0 atom stereocenters. The van der Waals surface area contributed by atoms with E-state index in [2.05, 4.69) is 20.6 Å². The second-order valence-electron chi connectivity index (χ2n) is 6.55. The maximum atomic E-state index is 12.7. The van der Waals surface area contributed by atoms with Gasteiger partial charge >= 0.3 is 0 Å². The van der Waals surface area contributed by atoms with Gasteiger partial charge in [-0.05, 0) is 49.6 Å². The van der Waals surface area contributed by atoms with Crippen LogP contribution in [0.2, 0.25) is 0 Å². The Morgan fingerprint density at radius 1 is 0.963 bits per heavy atom. The fraction of sp³-hybridized carbons (Fsp3) is 0.143. The van der Waals surface area contributed by atoms with Crippen LogP contribution in [-0.4, -0.2) is 25.7 Å². The number of amides is 1. The van der Waals surface area contributed by atoms with Crippen molar-refractivity contribution < 1.29 is 4.79 Å². The highest BCUT2D eigenvalue weighted by Crippen LogP contribution is 2.24. The SMILES string of the molecule is Cc1ccc(NC(=O)c2nnc3c(-c4ccccc4)cnn3c2C)cc1C. The van der Waals surface area contributed by atoms with Crippen molar-refractivity contribution in [1.82, 2.24) is 19.8 Å². The maximum Gasteiger partial charge on any atom is 0.278 e. The third kappa shape index (κ3) is 3.06. The van der Waals surface area contributed by atoms with Gasteiger partial charge in [-0.1, -0.05) is 36.4 Å². The van der Waals surface area contributed by atoms with Crippen LogP contribution in [0.5, 0.6) is 0 Å². The fourth-order valence-electron chi connectivity index (χ4n) is 2.99. The first-order valence-corrected chi connectivity index (χ1v) is 8.69. The van der Waals surface area contributed by atoms with Crippen LogP contribution in [0.1, 0.15) is 27.3 Å². The van der Waals surface area contributed by atoms with Gasteiger partial charge in [-0.2, -0.15) is 5.10 Å². The Balaban J connectivity index is 1.69. The van der Waals surface area contributed by atoms with Crippen molar-refractivity contribution in [2.45, 2.75) is 20.8 Å². The lowest BCUT2D eigenvalue weighted by molar-refractivity contribution is 0.102. The smallest absolute Gasteiger partial charge is 0.278 e. The quantitative estimate of drug-likeness (QED) is 0.602. The monoisotopic (exact) mass is 357 g/mol. The summed E-state index contributed by atoms with van der Waals surface area (Å²) in [4.78, 5) is 12.7. The number of carbonyl (C=O) groups excluding carboxylic acids is 1. The van der Waals surface area contributed by atoms with E-state index in [1.54, 1.807) is 10.7 Å². The lowest BCUT2D eigenvalue weighted by Gasteiger charge is -2.09. The van der Waals surface area contributed by atoms with Gasteiger partial charge in [-0.25, -0.2) is 4.52 Å². The molecule has 0 saturated heterocycles. The van der Waals surface area contributed by atoms with Crippen LogP contribution in [-0.2, 0) is 0 Å². The molecule has 0 aliphatic carbocycles. The van der Waals surface area contributed by atoms with Gasteiger partial charge in [0.1, 0.15) is 0 Å². The standard InChI is InChI=1S/C21H19N5O/c1-13-9-10-17(11-14(13)2)23-21(27)19-15(3)26-20(25-24-19)18(12-22-26)16-7-5-4-6-8-16/h4-12H,1-3H3,(H,23,27). The van der Waals surface area contributed by atoms with E-state index in [0.29, 0.717) is 11.3 Å². The molecule has 0 radical (unpaired) electrons. The Bertz CT molecular complexity index is 1150. The van der Waals surface area contributed by atoms with Gasteiger partial charge in [0.25, 0.3) is 5.91 Å². The molecule has 4 rings (SSSR count). The Kier molecular flexibility index (Phi) is 4.16. The zero-order valence-corrected chi connectivity index (χ0v) is 15.4. The first kappa shape index (κ1) is 16.9. The summed E-state index contributed by atoms with van der Waals surface area (Å²) in [5, 5.41) is 15.7. The minimum absolute atomic E-state index is 0.253. The zero-order chi connectivity index (χ0) is 19.0. The number of nitrogens with zero attached hydrogens (tertiary/aromatic N) is 4. The molecule has 0 aliphatic heterocycles. The van der Waals surface area contributed by atoms with Crippen LogP contribution in [0.25, 0.3) is 16.8 Å². The molecule has 1 amide bonds. The van der Waals surface area contributed by atoms with Crippen molar-refractivity contribution in [2.75, 3.05) is 5.32 Å². The molecule has 0 bridgehead atoms. The van der Waals surface area contributed by atoms with Crippen molar-refractivity contribution in [1.29, 1.82) is 0 Å². The number of carbonyl (C=O) groups is 1. The van der Waals surface area contributed by atoms with Gasteiger partial charge in [0.2, 0.25) is 0 Å². The highest BCUT2D eigenvalue weighted by Gasteiger charge is 2.18. The van der Waals surface area contributed by atoms with Gasteiger partial charge in [0.15, 0.2) is 11.3 Å². The van der Waals surface area contributed by atoms with Crippen molar-refractivity contribution in [3.8, 4) is 11.1 Å². The minimum Gasteiger partial charge on any atom is -0.321 e. The van der Waals surface area contributed by atoms with Crippen LogP contribution < -0.4 is 5.32 Å². The van der Waals surface area contributed by atoms with E-state index in [4.69, 9.17) is 0 Å². The summed E-state index contributed by atoms with van der Waals surface area (Å²) in [6.45, 7) is 5.86. The zero-order valence-electron chi connectivity index (χ0n) is 15.4. The first-order chi connectivity index (χ1) is 13.0. The Hall–Kier alpha value is -3.54. The summed E-state index contributed by atoms with van der Waals surface area (Å²) in [6.07, 6.45) is 1.75. The van der Waals surface area contributed by atoms with E-state index >= 15 is 0 Å². The summed E-state index contributed by atoms with van der Waals surface area (Å²) < 4.78 is 1.66. The molecule has 0 saturated carbocycles. The van der Waals surface area contributed by atoms with Gasteiger partial charge in [0, 0.05) is 11.3 Å². The lowest BCUT2D eigenvalue weighted by Crippen LogP contribution is -2.18. The molecular weight excluding hydrogens is 338 g/mol. The molecule has 2 aromatic heterocycles. The average molecular weight is 357 g/mol. The summed E-state index contributed by atoms with van der Waals surface area (Å²) in [7, 11) is 0. The molecule has 4 aromatic rings. The molecular formula is C21H19N5O. The normalized spacial score (nSPS) is 10.9. The maximum absolute atomic E-state index is 12.7. The molecule has 0 unspecified atom stereocenters. The molecule has 6 nitrogen and oxygen atoms in total. The van der Waals surface area contributed by atoms with Crippen LogP contribution in [0, 0.1) is 20.8 Å². The van der Waals surface area contributed by atoms with Gasteiger partial charge in [-0.15, -0.1) is 10.2 Å². The lowest BCUT2D eigenvalue weighted by atomic mass is 10.1. The summed E-state index contributed by atoms with van der Waals surface area (Å²) in [6, 6.07) is 15.7. The topological polar surface area (TPSA) is 72.2 Å². The minimum atomic E-state index is -0.304. The van der Waals surface area contributed by atoms with Gasteiger partial charge in [0.05, 0.1) is 11.9 Å². The molecule has 0 spiro atoms. The Morgan fingerprint density at radius 3 is 2.48 bits per heavy atom. The van der Waals surface area contributed by atoms with Gasteiger partial charge in [-0.3, -0.25) is 4.79 Å². The molecule has 2 heterocycles. The first-order valence-electron chi connectivity index (χ1n) is 8.69. The second-order valence-corrected chi connectivity index (χ2v) is 6.55. The number of aryl methyl sites for hydroxylation is 3. The predicted octanol–water partition coefficient (Wildman–Crippen LogP) is 3.97. The number of hydrogen-bond acceptors (Lipinski definition) is 4. The Morgan fingerprint density at radius 2 is 1.74 bits per heavy atom. The number of benzene rings is 2. The summed E-state index contributed by atoms with van der Waals surface area (Å²) in [5.74, 6) is -0.304. The molecule has 2 aromatic carbocycles. The number of rotatable bonds is 3. The van der Waals surface area contributed by atoms with Crippen molar-refractivity contribution in [3.63, 3.8) is 0 Å². The molecule has 6 heteroatoms. The third-order valence-electron chi connectivity index (χ3n) is 4.71. The highest BCUT2D eigenvalue weighted by atomic mass is 16.2. The number of nitrogens with one attached hydrogen (secondary N) is 1. The second kappa shape index (κ2) is 6.64. The number of fused-ring (bicyclic) bond motifs is 1. The average Bonchev–Trinajstić information content (AvgIpc) is 3.11. The molecule has 27 heavy (non-hydrogen) atoms. The van der Waals surface area contributed by atoms with Crippen molar-refractivity contribution in [2.24, 2.45) is 0 Å². The Labute approximate surface area is 156 Å². The van der Waals surface area contributed by atoms with Crippen molar-refractivity contribution >= 4 is 17.2 Å². The number of hydrogen-bond donors (Lipinski definition) is 1. The highest BCUT2D eigenvalue weighted by molar-refractivity contribution is 6.03. The van der Waals surface area contributed by atoms with Crippen LogP contribution in [0.4, 0.5) is 5.69 Å².